The van der Waals surface area contributed by atoms with Crippen LogP contribution in [0.4, 0.5) is 4.79 Å². The number of hydrogen-bond donors (Lipinski definition) is 2. The number of nitrogens with one attached hydrogen (secondary N) is 2. The SMILES string of the molecule is O=C(NCCc1ccccc1Br)NCc1cccs1. The van der Waals surface area contributed by atoms with Gasteiger partial charge in [-0.25, -0.2) is 4.79 Å². The molecule has 0 saturated heterocycles. The molecule has 2 N–H and O–H groups in total. The van der Waals surface area contributed by atoms with Crippen LogP contribution in [0, 0.1) is 0 Å². The average molecular weight is 339 g/mol. The summed E-state index contributed by atoms with van der Waals surface area (Å²) in [6.07, 6.45) is 0.813. The lowest BCUT2D eigenvalue weighted by Gasteiger charge is -2.07. The zero-order valence-corrected chi connectivity index (χ0v) is 12.8. The van der Waals surface area contributed by atoms with E-state index in [2.05, 4.69) is 32.6 Å². The molecule has 1 heterocycles. The zero-order chi connectivity index (χ0) is 13.5. The molecule has 2 aromatic rings. The normalized spacial score (nSPS) is 10.2. The van der Waals surface area contributed by atoms with Gasteiger partial charge in [0.25, 0.3) is 0 Å². The highest BCUT2D eigenvalue weighted by atomic mass is 79.9. The zero-order valence-electron chi connectivity index (χ0n) is 10.4. The summed E-state index contributed by atoms with van der Waals surface area (Å²) < 4.78 is 1.08. The quantitative estimate of drug-likeness (QED) is 0.859. The summed E-state index contributed by atoms with van der Waals surface area (Å²) in [5.41, 5.74) is 1.20. The van der Waals surface area contributed by atoms with Gasteiger partial charge in [0.05, 0.1) is 6.54 Å². The van der Waals surface area contributed by atoms with Crippen LogP contribution < -0.4 is 10.6 Å². The van der Waals surface area contributed by atoms with Crippen LogP contribution in [0.1, 0.15) is 10.4 Å². The maximum absolute atomic E-state index is 11.6. The fourth-order valence-corrected chi connectivity index (χ4v) is 2.78. The van der Waals surface area contributed by atoms with E-state index < -0.39 is 0 Å². The summed E-state index contributed by atoms with van der Waals surface area (Å²) >= 11 is 5.13. The van der Waals surface area contributed by atoms with Crippen molar-refractivity contribution in [3.63, 3.8) is 0 Å². The molecule has 0 aliphatic carbocycles. The van der Waals surface area contributed by atoms with Crippen LogP contribution >= 0.6 is 27.3 Å². The van der Waals surface area contributed by atoms with Crippen molar-refractivity contribution in [2.45, 2.75) is 13.0 Å². The summed E-state index contributed by atoms with van der Waals surface area (Å²) in [6.45, 7) is 1.21. The second kappa shape index (κ2) is 7.31. The van der Waals surface area contributed by atoms with Crippen LogP contribution in [0.3, 0.4) is 0 Å². The number of halogens is 1. The first-order valence-corrected chi connectivity index (χ1v) is 7.70. The Kier molecular flexibility index (Phi) is 5.42. The maximum atomic E-state index is 11.6. The molecule has 2 rings (SSSR count). The predicted molar refractivity (Wildman–Crippen MR) is 82.4 cm³/mol. The van der Waals surface area contributed by atoms with E-state index in [-0.39, 0.29) is 6.03 Å². The standard InChI is InChI=1S/C14H15BrN2OS/c15-13-6-2-1-4-11(13)7-8-16-14(18)17-10-12-5-3-9-19-12/h1-6,9H,7-8,10H2,(H2,16,17,18). The van der Waals surface area contributed by atoms with Gasteiger partial charge in [-0.1, -0.05) is 40.2 Å². The minimum Gasteiger partial charge on any atom is -0.338 e. The van der Waals surface area contributed by atoms with E-state index in [1.165, 1.54) is 5.56 Å². The van der Waals surface area contributed by atoms with Gasteiger partial charge in [-0.05, 0) is 29.5 Å². The lowest BCUT2D eigenvalue weighted by molar-refractivity contribution is 0.240. The van der Waals surface area contributed by atoms with Gasteiger partial charge in [0.15, 0.2) is 0 Å². The van der Waals surface area contributed by atoms with E-state index in [9.17, 15) is 4.79 Å². The molecule has 100 valence electrons. The predicted octanol–water partition coefficient (Wildman–Crippen LogP) is 3.55. The minimum absolute atomic E-state index is 0.125. The number of carbonyl (C=O) groups is 1. The third-order valence-electron chi connectivity index (χ3n) is 2.64. The van der Waals surface area contributed by atoms with Crippen LogP contribution in [0.25, 0.3) is 0 Å². The Morgan fingerprint density at radius 2 is 2.00 bits per heavy atom. The van der Waals surface area contributed by atoms with E-state index in [4.69, 9.17) is 0 Å². The highest BCUT2D eigenvalue weighted by Crippen LogP contribution is 2.15. The maximum Gasteiger partial charge on any atom is 0.315 e. The third-order valence-corrected chi connectivity index (χ3v) is 4.29. The molecule has 0 unspecified atom stereocenters. The topological polar surface area (TPSA) is 41.1 Å². The number of amides is 2. The number of rotatable bonds is 5. The van der Waals surface area contributed by atoms with Crippen molar-refractivity contribution in [1.29, 1.82) is 0 Å². The monoisotopic (exact) mass is 338 g/mol. The first-order chi connectivity index (χ1) is 9.25. The average Bonchev–Trinajstić information content (AvgIpc) is 2.92. The molecule has 0 fully saturated rings. The molecule has 1 aromatic heterocycles. The number of thiophene rings is 1. The Hall–Kier alpha value is -1.33. The Bertz CT molecular complexity index is 528. The van der Waals surface area contributed by atoms with Gasteiger partial charge in [0.1, 0.15) is 0 Å². The van der Waals surface area contributed by atoms with Crippen molar-refractivity contribution in [2.75, 3.05) is 6.54 Å². The molecule has 1 aromatic carbocycles. The Morgan fingerprint density at radius 3 is 2.74 bits per heavy atom. The van der Waals surface area contributed by atoms with E-state index in [1.54, 1.807) is 11.3 Å². The van der Waals surface area contributed by atoms with Crippen molar-refractivity contribution in [3.05, 3.63) is 56.7 Å². The number of hydrogen-bond acceptors (Lipinski definition) is 2. The van der Waals surface area contributed by atoms with Gasteiger partial charge >= 0.3 is 6.03 Å². The van der Waals surface area contributed by atoms with E-state index in [0.29, 0.717) is 13.1 Å². The molecule has 0 atom stereocenters. The highest BCUT2D eigenvalue weighted by molar-refractivity contribution is 9.10. The van der Waals surface area contributed by atoms with Crippen molar-refractivity contribution < 1.29 is 4.79 Å². The summed E-state index contributed by atoms with van der Waals surface area (Å²) in [7, 11) is 0. The van der Waals surface area contributed by atoms with Crippen molar-refractivity contribution >= 4 is 33.3 Å². The molecule has 5 heteroatoms. The first-order valence-electron chi connectivity index (χ1n) is 6.03. The van der Waals surface area contributed by atoms with Gasteiger partial charge in [0, 0.05) is 15.9 Å². The fourth-order valence-electron chi connectivity index (χ4n) is 1.65. The summed E-state index contributed by atoms with van der Waals surface area (Å²) in [5, 5.41) is 7.69. The second-order valence-electron chi connectivity index (χ2n) is 4.03. The molecule has 0 aliphatic heterocycles. The molecule has 3 nitrogen and oxygen atoms in total. The van der Waals surface area contributed by atoms with Crippen LogP contribution in [-0.4, -0.2) is 12.6 Å². The minimum atomic E-state index is -0.125. The molecular weight excluding hydrogens is 324 g/mol. The highest BCUT2D eigenvalue weighted by Gasteiger charge is 2.02. The lowest BCUT2D eigenvalue weighted by Crippen LogP contribution is -2.36. The lowest BCUT2D eigenvalue weighted by atomic mass is 10.1. The molecule has 0 aliphatic rings. The Labute approximate surface area is 125 Å². The van der Waals surface area contributed by atoms with Gasteiger partial charge in [-0.15, -0.1) is 11.3 Å². The molecule has 2 amide bonds. The second-order valence-corrected chi connectivity index (χ2v) is 5.92. The van der Waals surface area contributed by atoms with Crippen molar-refractivity contribution in [2.24, 2.45) is 0 Å². The summed E-state index contributed by atoms with van der Waals surface area (Å²) in [4.78, 5) is 12.7. The van der Waals surface area contributed by atoms with Crippen LogP contribution in [0.15, 0.2) is 46.3 Å². The van der Waals surface area contributed by atoms with Gasteiger partial charge < -0.3 is 10.6 Å². The summed E-state index contributed by atoms with van der Waals surface area (Å²) in [6, 6.07) is 11.9. The smallest absolute Gasteiger partial charge is 0.315 e. The largest absolute Gasteiger partial charge is 0.338 e. The van der Waals surface area contributed by atoms with Crippen molar-refractivity contribution in [3.8, 4) is 0 Å². The number of benzene rings is 1. The summed E-state index contributed by atoms with van der Waals surface area (Å²) in [5.74, 6) is 0. The third kappa shape index (κ3) is 4.69. The van der Waals surface area contributed by atoms with Gasteiger partial charge in [-0.2, -0.15) is 0 Å². The molecule has 0 spiro atoms. The Morgan fingerprint density at radius 1 is 1.16 bits per heavy atom. The molecule has 0 radical (unpaired) electrons. The van der Waals surface area contributed by atoms with Crippen LogP contribution in [0.5, 0.6) is 0 Å². The van der Waals surface area contributed by atoms with E-state index in [0.717, 1.165) is 15.8 Å². The molecular formula is C14H15BrN2OS. The molecule has 19 heavy (non-hydrogen) atoms. The van der Waals surface area contributed by atoms with Crippen molar-refractivity contribution in [1.82, 2.24) is 10.6 Å². The van der Waals surface area contributed by atoms with Gasteiger partial charge in [0.2, 0.25) is 0 Å². The van der Waals surface area contributed by atoms with Crippen LogP contribution in [-0.2, 0) is 13.0 Å². The number of urea groups is 1. The van der Waals surface area contributed by atoms with Crippen LogP contribution in [0.2, 0.25) is 0 Å². The van der Waals surface area contributed by atoms with Gasteiger partial charge in [-0.3, -0.25) is 0 Å². The molecule has 0 saturated carbocycles. The first kappa shape index (κ1) is 14.1. The molecule has 0 bridgehead atoms. The Balaban J connectivity index is 1.68. The van der Waals surface area contributed by atoms with E-state index >= 15 is 0 Å². The fraction of sp³-hybridized carbons (Fsp3) is 0.214. The number of carbonyl (C=O) groups excluding carboxylic acids is 1. The van der Waals surface area contributed by atoms with E-state index in [1.807, 2.05) is 35.7 Å².